The van der Waals surface area contributed by atoms with Gasteiger partial charge < -0.3 is 9.84 Å². The number of carboxylic acids is 1. The Hall–Kier alpha value is -2.62. The lowest BCUT2D eigenvalue weighted by molar-refractivity contribution is -0.134. The van der Waals surface area contributed by atoms with Gasteiger partial charge in [0.05, 0.1) is 5.56 Å². The SMILES string of the molecule is CCCCCCCCCC(=O)Oc1ccc(-c2ccccc2)c(C(=O)O)c1. The number of carbonyl (C=O) groups excluding carboxylic acids is 1. The number of carboxylic acid groups (broad SMARTS) is 1. The maximum atomic E-state index is 12.0. The molecular weight excluding hydrogens is 340 g/mol. The van der Waals surface area contributed by atoms with Crippen molar-refractivity contribution in [1.82, 2.24) is 0 Å². The lowest BCUT2D eigenvalue weighted by Crippen LogP contribution is -2.09. The minimum atomic E-state index is -1.04. The molecule has 0 unspecified atom stereocenters. The second-order valence-electron chi connectivity index (χ2n) is 6.72. The van der Waals surface area contributed by atoms with Crippen LogP contribution in [0.2, 0.25) is 0 Å². The van der Waals surface area contributed by atoms with Crippen LogP contribution in [0.1, 0.15) is 68.6 Å². The molecule has 0 aliphatic carbocycles. The summed E-state index contributed by atoms with van der Waals surface area (Å²) in [6.45, 7) is 2.19. The van der Waals surface area contributed by atoms with Crippen LogP contribution in [0.15, 0.2) is 48.5 Å². The fourth-order valence-electron chi connectivity index (χ4n) is 3.04. The summed E-state index contributed by atoms with van der Waals surface area (Å²) in [4.78, 5) is 23.6. The van der Waals surface area contributed by atoms with E-state index in [-0.39, 0.29) is 17.3 Å². The molecule has 4 heteroatoms. The third kappa shape index (κ3) is 6.89. The first-order valence-electron chi connectivity index (χ1n) is 9.75. The molecule has 0 saturated carbocycles. The Bertz CT molecular complexity index is 737. The van der Waals surface area contributed by atoms with Gasteiger partial charge in [-0.1, -0.05) is 75.8 Å². The van der Waals surface area contributed by atoms with Crippen molar-refractivity contribution < 1.29 is 19.4 Å². The van der Waals surface area contributed by atoms with Crippen LogP contribution in [0, 0.1) is 0 Å². The summed E-state index contributed by atoms with van der Waals surface area (Å²) in [5.41, 5.74) is 1.55. The number of benzene rings is 2. The van der Waals surface area contributed by atoms with Gasteiger partial charge in [0, 0.05) is 6.42 Å². The van der Waals surface area contributed by atoms with Gasteiger partial charge in [-0.3, -0.25) is 4.79 Å². The summed E-state index contributed by atoms with van der Waals surface area (Å²) in [5.74, 6) is -1.08. The van der Waals surface area contributed by atoms with Crippen molar-refractivity contribution in [3.8, 4) is 16.9 Å². The van der Waals surface area contributed by atoms with Gasteiger partial charge in [-0.25, -0.2) is 4.79 Å². The van der Waals surface area contributed by atoms with E-state index in [1.807, 2.05) is 30.3 Å². The van der Waals surface area contributed by atoms with Crippen LogP contribution in [0.25, 0.3) is 11.1 Å². The number of unbranched alkanes of at least 4 members (excludes halogenated alkanes) is 6. The van der Waals surface area contributed by atoms with Crippen LogP contribution in [0.4, 0.5) is 0 Å². The summed E-state index contributed by atoms with van der Waals surface area (Å²) in [6.07, 6.45) is 8.29. The van der Waals surface area contributed by atoms with Gasteiger partial charge in [0.2, 0.25) is 0 Å². The lowest BCUT2D eigenvalue weighted by Gasteiger charge is -2.10. The second-order valence-corrected chi connectivity index (χ2v) is 6.72. The van der Waals surface area contributed by atoms with Crippen LogP contribution in [-0.4, -0.2) is 17.0 Å². The number of hydrogen-bond acceptors (Lipinski definition) is 3. The predicted molar refractivity (Wildman–Crippen MR) is 107 cm³/mol. The molecule has 27 heavy (non-hydrogen) atoms. The maximum absolute atomic E-state index is 12.0. The minimum Gasteiger partial charge on any atom is -0.478 e. The van der Waals surface area contributed by atoms with E-state index < -0.39 is 5.97 Å². The summed E-state index contributed by atoms with van der Waals surface area (Å²) in [7, 11) is 0. The standard InChI is InChI=1S/C23H28O4/c1-2-3-4-5-6-7-11-14-22(24)27-19-15-16-20(21(17-19)23(25)26)18-12-9-8-10-13-18/h8-10,12-13,15-17H,2-7,11,14H2,1H3,(H,25,26). The highest BCUT2D eigenvalue weighted by Crippen LogP contribution is 2.27. The average Bonchev–Trinajstić information content (AvgIpc) is 2.68. The highest BCUT2D eigenvalue weighted by molar-refractivity contribution is 5.96. The summed E-state index contributed by atoms with van der Waals surface area (Å²) >= 11 is 0. The molecule has 0 fully saturated rings. The molecule has 2 rings (SSSR count). The second kappa shape index (κ2) is 11.2. The molecule has 0 amide bonds. The van der Waals surface area contributed by atoms with Crippen molar-refractivity contribution in [1.29, 1.82) is 0 Å². The summed E-state index contributed by atoms with van der Waals surface area (Å²) < 4.78 is 5.34. The van der Waals surface area contributed by atoms with Gasteiger partial charge in [0.25, 0.3) is 0 Å². The molecular formula is C23H28O4. The van der Waals surface area contributed by atoms with Gasteiger partial charge in [0.15, 0.2) is 0 Å². The topological polar surface area (TPSA) is 63.6 Å². The Morgan fingerprint density at radius 1 is 0.889 bits per heavy atom. The van der Waals surface area contributed by atoms with E-state index in [2.05, 4.69) is 6.92 Å². The normalized spacial score (nSPS) is 10.6. The third-order valence-corrected chi connectivity index (χ3v) is 4.52. The third-order valence-electron chi connectivity index (χ3n) is 4.52. The van der Waals surface area contributed by atoms with E-state index in [0.717, 1.165) is 24.8 Å². The monoisotopic (exact) mass is 368 g/mol. The van der Waals surface area contributed by atoms with Crippen molar-refractivity contribution in [2.24, 2.45) is 0 Å². The van der Waals surface area contributed by atoms with Gasteiger partial charge in [-0.15, -0.1) is 0 Å². The quantitative estimate of drug-likeness (QED) is 0.296. The number of carbonyl (C=O) groups is 2. The Labute approximate surface area is 161 Å². The molecule has 0 spiro atoms. The number of hydrogen-bond donors (Lipinski definition) is 1. The van der Waals surface area contributed by atoms with Crippen LogP contribution >= 0.6 is 0 Å². The fraction of sp³-hybridized carbons (Fsp3) is 0.391. The first-order chi connectivity index (χ1) is 13.1. The Morgan fingerprint density at radius 3 is 2.22 bits per heavy atom. The Balaban J connectivity index is 1.90. The van der Waals surface area contributed by atoms with Gasteiger partial charge >= 0.3 is 11.9 Å². The van der Waals surface area contributed by atoms with Crippen molar-refractivity contribution in [3.63, 3.8) is 0 Å². The molecule has 0 aliphatic heterocycles. The van der Waals surface area contributed by atoms with Crippen molar-refractivity contribution in [3.05, 3.63) is 54.1 Å². The van der Waals surface area contributed by atoms with E-state index in [0.29, 0.717) is 12.0 Å². The fourth-order valence-corrected chi connectivity index (χ4v) is 3.04. The first kappa shape index (κ1) is 20.7. The molecule has 2 aromatic carbocycles. The van der Waals surface area contributed by atoms with E-state index in [4.69, 9.17) is 4.74 Å². The average molecular weight is 368 g/mol. The molecule has 0 bridgehead atoms. The first-order valence-corrected chi connectivity index (χ1v) is 9.75. The van der Waals surface area contributed by atoms with Crippen LogP contribution < -0.4 is 4.74 Å². The number of esters is 1. The van der Waals surface area contributed by atoms with E-state index in [9.17, 15) is 14.7 Å². The van der Waals surface area contributed by atoms with Gasteiger partial charge in [0.1, 0.15) is 5.75 Å². The highest BCUT2D eigenvalue weighted by atomic mass is 16.5. The molecule has 0 aromatic heterocycles. The number of aromatic carboxylic acids is 1. The molecule has 0 radical (unpaired) electrons. The van der Waals surface area contributed by atoms with Crippen molar-refractivity contribution in [2.45, 2.75) is 58.3 Å². The van der Waals surface area contributed by atoms with E-state index >= 15 is 0 Å². The Kier molecular flexibility index (Phi) is 8.56. The van der Waals surface area contributed by atoms with Crippen molar-refractivity contribution in [2.75, 3.05) is 0 Å². The smallest absolute Gasteiger partial charge is 0.336 e. The molecule has 0 atom stereocenters. The van der Waals surface area contributed by atoms with E-state index in [1.165, 1.54) is 31.7 Å². The Morgan fingerprint density at radius 2 is 1.56 bits per heavy atom. The van der Waals surface area contributed by atoms with Crippen LogP contribution in [0.5, 0.6) is 5.75 Å². The molecule has 1 N–H and O–H groups in total. The highest BCUT2D eigenvalue weighted by Gasteiger charge is 2.14. The largest absolute Gasteiger partial charge is 0.478 e. The maximum Gasteiger partial charge on any atom is 0.336 e. The van der Waals surface area contributed by atoms with Gasteiger partial charge in [-0.2, -0.15) is 0 Å². The summed E-state index contributed by atoms with van der Waals surface area (Å²) in [6, 6.07) is 14.1. The minimum absolute atomic E-state index is 0.127. The molecule has 4 nitrogen and oxygen atoms in total. The van der Waals surface area contributed by atoms with Crippen molar-refractivity contribution >= 4 is 11.9 Å². The lowest BCUT2D eigenvalue weighted by atomic mass is 9.99. The molecule has 0 saturated heterocycles. The van der Waals surface area contributed by atoms with Crippen LogP contribution in [0.3, 0.4) is 0 Å². The van der Waals surface area contributed by atoms with E-state index in [1.54, 1.807) is 12.1 Å². The zero-order valence-corrected chi connectivity index (χ0v) is 15.9. The summed E-state index contributed by atoms with van der Waals surface area (Å²) in [5, 5.41) is 9.51. The van der Waals surface area contributed by atoms with Crippen LogP contribution in [-0.2, 0) is 4.79 Å². The zero-order valence-electron chi connectivity index (χ0n) is 15.9. The molecule has 144 valence electrons. The number of rotatable bonds is 11. The molecule has 2 aromatic rings. The molecule has 0 heterocycles. The van der Waals surface area contributed by atoms with Gasteiger partial charge in [-0.05, 0) is 35.7 Å². The zero-order chi connectivity index (χ0) is 19.5. The number of ether oxygens (including phenoxy) is 1. The predicted octanol–water partition coefficient (Wildman–Crippen LogP) is 6.10. The molecule has 0 aliphatic rings.